The van der Waals surface area contributed by atoms with Gasteiger partial charge in [0.2, 0.25) is 10.0 Å². The van der Waals surface area contributed by atoms with E-state index in [0.717, 1.165) is 19.3 Å². The molecule has 2 N–H and O–H groups in total. The summed E-state index contributed by atoms with van der Waals surface area (Å²) in [5, 5.41) is 0.432. The predicted molar refractivity (Wildman–Crippen MR) is 75.6 cm³/mol. The van der Waals surface area contributed by atoms with Gasteiger partial charge in [0.05, 0.1) is 15.6 Å². The average Bonchev–Trinajstić information content (AvgIpc) is 2.97. The number of hydrogen-bond donors (Lipinski definition) is 1. The van der Waals surface area contributed by atoms with E-state index >= 15 is 0 Å². The maximum Gasteiger partial charge on any atom is 0.243 e. The zero-order valence-corrected chi connectivity index (χ0v) is 12.3. The standard InChI is InChI=1S/C13H17ClN2O2S/c1-8-4-11(6-12(15)13(8)14)19(17,18)16-7-9-2-3-10(16)5-9/h4,6,9-10H,2-3,5,7,15H2,1H3. The van der Waals surface area contributed by atoms with Gasteiger partial charge in [-0.25, -0.2) is 8.42 Å². The molecule has 6 heteroatoms. The molecule has 1 saturated heterocycles. The topological polar surface area (TPSA) is 63.4 Å². The van der Waals surface area contributed by atoms with Gasteiger partial charge < -0.3 is 5.73 Å². The number of piperidine rings is 1. The highest BCUT2D eigenvalue weighted by atomic mass is 35.5. The van der Waals surface area contributed by atoms with E-state index in [1.165, 1.54) is 6.07 Å². The first-order chi connectivity index (χ1) is 8.89. The number of aryl methyl sites for hydroxylation is 1. The molecule has 104 valence electrons. The maximum absolute atomic E-state index is 12.7. The Morgan fingerprint density at radius 3 is 2.63 bits per heavy atom. The van der Waals surface area contributed by atoms with Crippen LogP contribution in [0.25, 0.3) is 0 Å². The van der Waals surface area contributed by atoms with Crippen LogP contribution in [0.15, 0.2) is 17.0 Å². The molecule has 2 atom stereocenters. The first-order valence-corrected chi connectivity index (χ1v) is 8.29. The number of benzene rings is 1. The van der Waals surface area contributed by atoms with Crippen molar-refractivity contribution in [2.45, 2.75) is 37.1 Å². The summed E-state index contributed by atoms with van der Waals surface area (Å²) in [6.07, 6.45) is 3.13. The van der Waals surface area contributed by atoms with Crippen LogP contribution in [-0.2, 0) is 10.0 Å². The Hall–Kier alpha value is -0.780. The summed E-state index contributed by atoms with van der Waals surface area (Å²) < 4.78 is 27.0. The van der Waals surface area contributed by atoms with Crippen LogP contribution in [0.3, 0.4) is 0 Å². The van der Waals surface area contributed by atoms with Crippen LogP contribution >= 0.6 is 11.6 Å². The molecular weight excluding hydrogens is 284 g/mol. The number of nitrogen functional groups attached to an aromatic ring is 1. The van der Waals surface area contributed by atoms with Crippen LogP contribution in [0.2, 0.25) is 5.02 Å². The van der Waals surface area contributed by atoms with Gasteiger partial charge in [-0.1, -0.05) is 11.6 Å². The van der Waals surface area contributed by atoms with Crippen LogP contribution in [0.1, 0.15) is 24.8 Å². The van der Waals surface area contributed by atoms with Gasteiger partial charge >= 0.3 is 0 Å². The zero-order chi connectivity index (χ0) is 13.8. The number of halogens is 1. The molecule has 0 aromatic heterocycles. The molecule has 19 heavy (non-hydrogen) atoms. The van der Waals surface area contributed by atoms with Gasteiger partial charge in [0, 0.05) is 12.6 Å². The smallest absolute Gasteiger partial charge is 0.243 e. The second kappa shape index (κ2) is 4.36. The molecule has 0 radical (unpaired) electrons. The van der Waals surface area contributed by atoms with E-state index in [4.69, 9.17) is 17.3 Å². The molecule has 2 aliphatic rings. The summed E-state index contributed by atoms with van der Waals surface area (Å²) in [6, 6.07) is 3.25. The molecule has 1 aliphatic carbocycles. The third kappa shape index (κ3) is 2.04. The number of nitrogens with zero attached hydrogens (tertiary/aromatic N) is 1. The summed E-state index contributed by atoms with van der Waals surface area (Å²) in [5.41, 5.74) is 6.80. The number of rotatable bonds is 2. The van der Waals surface area contributed by atoms with Crippen LogP contribution in [0.5, 0.6) is 0 Å². The Morgan fingerprint density at radius 2 is 2.11 bits per heavy atom. The molecule has 0 amide bonds. The van der Waals surface area contributed by atoms with Gasteiger partial charge in [0.1, 0.15) is 0 Å². The predicted octanol–water partition coefficient (Wildman–Crippen LogP) is 2.40. The Bertz CT molecular complexity index is 607. The average molecular weight is 301 g/mol. The Morgan fingerprint density at radius 1 is 1.37 bits per heavy atom. The molecule has 2 bridgehead atoms. The number of nitrogens with two attached hydrogens (primary N) is 1. The van der Waals surface area contributed by atoms with E-state index < -0.39 is 10.0 Å². The van der Waals surface area contributed by atoms with Crippen molar-refractivity contribution in [2.75, 3.05) is 12.3 Å². The van der Waals surface area contributed by atoms with Gasteiger partial charge in [0.25, 0.3) is 0 Å². The van der Waals surface area contributed by atoms with Crippen LogP contribution < -0.4 is 5.73 Å². The highest BCUT2D eigenvalue weighted by molar-refractivity contribution is 7.89. The molecule has 1 aromatic rings. The lowest BCUT2D eigenvalue weighted by molar-refractivity contribution is 0.333. The van der Waals surface area contributed by atoms with Gasteiger partial charge in [-0.2, -0.15) is 4.31 Å². The van der Waals surface area contributed by atoms with E-state index in [2.05, 4.69) is 0 Å². The molecule has 3 rings (SSSR count). The van der Waals surface area contributed by atoms with Gasteiger partial charge in [0.15, 0.2) is 0 Å². The normalized spacial score (nSPS) is 27.1. The number of sulfonamides is 1. The molecule has 1 aromatic carbocycles. The molecule has 1 heterocycles. The zero-order valence-electron chi connectivity index (χ0n) is 10.8. The monoisotopic (exact) mass is 300 g/mol. The highest BCUT2D eigenvalue weighted by Gasteiger charge is 2.44. The summed E-state index contributed by atoms with van der Waals surface area (Å²) in [4.78, 5) is 0.263. The van der Waals surface area contributed by atoms with Gasteiger partial charge in [-0.15, -0.1) is 0 Å². The molecule has 0 spiro atoms. The van der Waals surface area contributed by atoms with Crippen LogP contribution in [0.4, 0.5) is 5.69 Å². The molecule has 1 saturated carbocycles. The van der Waals surface area contributed by atoms with E-state index in [-0.39, 0.29) is 10.9 Å². The molecule has 1 aliphatic heterocycles. The van der Waals surface area contributed by atoms with Crippen molar-refractivity contribution >= 4 is 27.3 Å². The minimum absolute atomic E-state index is 0.173. The van der Waals surface area contributed by atoms with Crippen molar-refractivity contribution in [3.05, 3.63) is 22.7 Å². The fourth-order valence-corrected chi connectivity index (χ4v) is 5.19. The Kier molecular flexibility index (Phi) is 3.04. The minimum Gasteiger partial charge on any atom is -0.397 e. The third-order valence-electron chi connectivity index (χ3n) is 4.22. The van der Waals surface area contributed by atoms with Gasteiger partial charge in [-0.3, -0.25) is 0 Å². The van der Waals surface area contributed by atoms with Crippen LogP contribution in [0, 0.1) is 12.8 Å². The van der Waals surface area contributed by atoms with E-state index in [1.54, 1.807) is 17.3 Å². The summed E-state index contributed by atoms with van der Waals surface area (Å²) in [5.74, 6) is 0.533. The maximum atomic E-state index is 12.7. The number of fused-ring (bicyclic) bond motifs is 2. The second-order valence-electron chi connectivity index (χ2n) is 5.55. The first-order valence-electron chi connectivity index (χ1n) is 6.47. The van der Waals surface area contributed by atoms with Crippen molar-refractivity contribution in [3.63, 3.8) is 0 Å². The minimum atomic E-state index is -3.44. The van der Waals surface area contributed by atoms with Crippen molar-refractivity contribution < 1.29 is 8.42 Å². The molecule has 4 nitrogen and oxygen atoms in total. The fraction of sp³-hybridized carbons (Fsp3) is 0.538. The molecular formula is C13H17ClN2O2S. The lowest BCUT2D eigenvalue weighted by Gasteiger charge is -2.26. The lowest BCUT2D eigenvalue weighted by atomic mass is 10.1. The van der Waals surface area contributed by atoms with Crippen molar-refractivity contribution in [3.8, 4) is 0 Å². The number of hydrogen-bond acceptors (Lipinski definition) is 3. The van der Waals surface area contributed by atoms with E-state index in [1.807, 2.05) is 0 Å². The van der Waals surface area contributed by atoms with E-state index in [9.17, 15) is 8.42 Å². The third-order valence-corrected chi connectivity index (χ3v) is 6.63. The van der Waals surface area contributed by atoms with Crippen molar-refractivity contribution in [1.29, 1.82) is 0 Å². The van der Waals surface area contributed by atoms with Crippen molar-refractivity contribution in [1.82, 2.24) is 4.31 Å². The van der Waals surface area contributed by atoms with Gasteiger partial charge in [-0.05, 0) is 49.8 Å². The summed E-state index contributed by atoms with van der Waals surface area (Å²) in [6.45, 7) is 2.42. The molecule has 2 unspecified atom stereocenters. The molecule has 2 fully saturated rings. The highest BCUT2D eigenvalue weighted by Crippen LogP contribution is 2.41. The van der Waals surface area contributed by atoms with E-state index in [0.29, 0.717) is 28.7 Å². The second-order valence-corrected chi connectivity index (χ2v) is 7.82. The van der Waals surface area contributed by atoms with Crippen LogP contribution in [-0.4, -0.2) is 25.3 Å². The Balaban J connectivity index is 2.01. The van der Waals surface area contributed by atoms with Crippen molar-refractivity contribution in [2.24, 2.45) is 5.92 Å². The lowest BCUT2D eigenvalue weighted by Crippen LogP contribution is -2.37. The summed E-state index contributed by atoms with van der Waals surface area (Å²) >= 11 is 5.99. The SMILES string of the molecule is Cc1cc(S(=O)(=O)N2CC3CCC2C3)cc(N)c1Cl. The number of anilines is 1. The largest absolute Gasteiger partial charge is 0.397 e. The quantitative estimate of drug-likeness (QED) is 0.853. The summed E-state index contributed by atoms with van der Waals surface area (Å²) in [7, 11) is -3.44. The fourth-order valence-electron chi connectivity index (χ4n) is 3.22. The Labute approximate surface area is 118 Å². The first kappa shape index (κ1) is 13.2.